The predicted octanol–water partition coefficient (Wildman–Crippen LogP) is -3.10. The van der Waals surface area contributed by atoms with Crippen LogP contribution in [0.2, 0.25) is 0 Å². The molecular formula is C9H15FINO3S. The van der Waals surface area contributed by atoms with Crippen molar-refractivity contribution >= 4 is 23.6 Å². The summed E-state index contributed by atoms with van der Waals surface area (Å²) in [4.78, 5) is 21.1. The maximum Gasteiger partial charge on any atom is 0.323 e. The lowest BCUT2D eigenvalue weighted by atomic mass is 9.96. The van der Waals surface area contributed by atoms with Gasteiger partial charge >= 0.3 is 5.91 Å². The summed E-state index contributed by atoms with van der Waals surface area (Å²) in [6.45, 7) is 3.47. The number of amides is 1. The largest absolute Gasteiger partial charge is 1.00 e. The van der Waals surface area contributed by atoms with E-state index >= 15 is 0 Å². The molecule has 94 valence electrons. The number of alkyl halides is 1. The third kappa shape index (κ3) is 3.56. The number of hydrogen-bond donors (Lipinski definition) is 2. The van der Waals surface area contributed by atoms with Crippen LogP contribution in [0.25, 0.3) is 0 Å². The van der Waals surface area contributed by atoms with Gasteiger partial charge in [0.15, 0.2) is 10.9 Å². The number of quaternary nitrogens is 1. The van der Waals surface area contributed by atoms with E-state index in [9.17, 15) is 9.18 Å². The quantitative estimate of drug-likeness (QED) is 0.383. The molecule has 0 aromatic rings. The summed E-state index contributed by atoms with van der Waals surface area (Å²) in [5.74, 6) is -0.471. The predicted molar refractivity (Wildman–Crippen MR) is 54.2 cm³/mol. The van der Waals surface area contributed by atoms with E-state index in [0.29, 0.717) is 6.54 Å². The molecule has 2 fully saturated rings. The highest BCUT2D eigenvalue weighted by Crippen LogP contribution is 2.32. The molecule has 0 aromatic carbocycles. The van der Waals surface area contributed by atoms with Crippen molar-refractivity contribution < 1.29 is 48.0 Å². The summed E-state index contributed by atoms with van der Waals surface area (Å²) < 4.78 is 12.7. The monoisotopic (exact) mass is 363 g/mol. The molecule has 2 N–H and O–H groups in total. The van der Waals surface area contributed by atoms with Gasteiger partial charge < -0.3 is 29.1 Å². The first-order valence-corrected chi connectivity index (χ1v) is 5.80. The van der Waals surface area contributed by atoms with Crippen LogP contribution in [0, 0.1) is 5.92 Å². The van der Waals surface area contributed by atoms with Crippen molar-refractivity contribution in [3.05, 3.63) is 0 Å². The Morgan fingerprint density at radius 1 is 1.69 bits per heavy atom. The highest BCUT2D eigenvalue weighted by Gasteiger charge is 2.58. The maximum absolute atomic E-state index is 12.7. The highest BCUT2D eigenvalue weighted by atomic mass is 127. The van der Waals surface area contributed by atoms with Gasteiger partial charge in [0.05, 0.1) is 0 Å². The molecule has 2 heterocycles. The molecule has 4 nitrogen and oxygen atoms in total. The molecule has 0 spiro atoms. The first-order valence-electron chi connectivity index (χ1n) is 4.86. The molecule has 4 atom stereocenters. The van der Waals surface area contributed by atoms with Crippen LogP contribution < -0.4 is 28.9 Å². The molecule has 0 bridgehead atoms. The average molecular weight is 363 g/mol. The van der Waals surface area contributed by atoms with Gasteiger partial charge in [-0.05, 0) is 6.42 Å². The molecule has 3 unspecified atom stereocenters. The first-order chi connectivity index (χ1) is 6.97. The molecule has 1 amide bonds. The summed E-state index contributed by atoms with van der Waals surface area (Å²) in [7, 11) is 0. The fraction of sp³-hybridized carbons (Fsp3) is 0.778. The number of halogens is 2. The minimum absolute atomic E-state index is 0. The van der Waals surface area contributed by atoms with Crippen molar-refractivity contribution in [2.45, 2.75) is 31.1 Å². The number of carbonyl (C=O) groups is 2. The Morgan fingerprint density at radius 2 is 2.19 bits per heavy atom. The van der Waals surface area contributed by atoms with E-state index in [1.54, 1.807) is 0 Å². The minimum atomic E-state index is -0.833. The molecular weight excluding hydrogens is 348 g/mol. The fourth-order valence-corrected chi connectivity index (χ4v) is 3.31. The number of aliphatic carboxylic acids is 1. The fourth-order valence-electron chi connectivity index (χ4n) is 1.84. The normalized spacial score (nSPS) is 35.1. The van der Waals surface area contributed by atoms with Crippen LogP contribution >= 0.6 is 11.8 Å². The van der Waals surface area contributed by atoms with Gasteiger partial charge in [-0.25, -0.2) is 9.18 Å². The van der Waals surface area contributed by atoms with Crippen molar-refractivity contribution in [2.75, 3.05) is 6.54 Å². The van der Waals surface area contributed by atoms with Gasteiger partial charge in [-0.1, -0.05) is 18.7 Å². The molecule has 2 aliphatic rings. The van der Waals surface area contributed by atoms with E-state index in [1.165, 1.54) is 11.8 Å². The number of carboxylic acids is 1. The molecule has 0 radical (unpaired) electrons. The second-order valence-corrected chi connectivity index (χ2v) is 4.89. The molecule has 0 aliphatic carbocycles. The summed E-state index contributed by atoms with van der Waals surface area (Å²) in [6.07, 6.45) is 0.868. The Hall–Kier alpha value is 0.110. The lowest BCUT2D eigenvalue weighted by Gasteiger charge is -2.34. The summed E-state index contributed by atoms with van der Waals surface area (Å²) in [5.41, 5.74) is -0.810. The number of nitrogens with one attached hydrogen (secondary N) is 1. The molecule has 2 saturated heterocycles. The second kappa shape index (κ2) is 6.75. The van der Waals surface area contributed by atoms with E-state index in [2.05, 4.69) is 0 Å². The van der Waals surface area contributed by atoms with E-state index in [-0.39, 0.29) is 41.2 Å². The van der Waals surface area contributed by atoms with Crippen LogP contribution in [-0.4, -0.2) is 34.4 Å². The van der Waals surface area contributed by atoms with Crippen LogP contribution in [-0.2, 0) is 9.59 Å². The number of β-lactam (4-membered cyclic amide) rings is 1. The van der Waals surface area contributed by atoms with E-state index < -0.39 is 11.5 Å². The lowest BCUT2D eigenvalue weighted by molar-refractivity contribution is -0.864. The number of thioether (sulfide) groups is 1. The molecule has 2 rings (SSSR count). The summed E-state index contributed by atoms with van der Waals surface area (Å²) >= 11 is 1.33. The number of rotatable bonds is 1. The van der Waals surface area contributed by atoms with Crippen molar-refractivity contribution in [3.8, 4) is 0 Å². The molecule has 7 heteroatoms. The van der Waals surface area contributed by atoms with Gasteiger partial charge in [-0.15, -0.1) is 0 Å². The minimum Gasteiger partial charge on any atom is -1.00 e. The Bertz CT molecular complexity index is 267. The van der Waals surface area contributed by atoms with Gasteiger partial charge in [0, 0.05) is 6.92 Å². The summed E-state index contributed by atoms with van der Waals surface area (Å²) in [6, 6.07) is 0. The first kappa shape index (κ1) is 16.1. The number of carboxylic acid groups (broad SMARTS) is 1. The molecule has 16 heavy (non-hydrogen) atoms. The SMILES string of the molecule is CC(=O)O.CCC1C(=O)[NH+]2CC(F)S[C@@H]12.[I-]. The third-order valence-corrected chi connectivity index (χ3v) is 3.84. The molecule has 0 aromatic heterocycles. The Labute approximate surface area is 115 Å². The van der Waals surface area contributed by atoms with Gasteiger partial charge in [0.25, 0.3) is 5.97 Å². The van der Waals surface area contributed by atoms with Gasteiger partial charge in [-0.2, -0.15) is 0 Å². The standard InChI is InChI=1S/C7H10FNOS.C2H4O2.HI/c1-2-4-6(10)9-3-5(8)11-7(4)9;1-2(3)4;/h4-5,7H,2-3H2,1H3;1H3,(H,3,4);1H/t4?,5?,7-;;/m0../s1. The maximum atomic E-state index is 12.7. The smallest absolute Gasteiger partial charge is 0.323 e. The highest BCUT2D eigenvalue weighted by molar-refractivity contribution is 8.00. The van der Waals surface area contributed by atoms with Crippen LogP contribution in [0.5, 0.6) is 0 Å². The van der Waals surface area contributed by atoms with Gasteiger partial charge in [-0.3, -0.25) is 9.69 Å². The summed E-state index contributed by atoms with van der Waals surface area (Å²) in [5, 5.41) is 7.66. The van der Waals surface area contributed by atoms with Crippen LogP contribution in [0.4, 0.5) is 4.39 Å². The zero-order valence-electron chi connectivity index (χ0n) is 9.07. The zero-order valence-corrected chi connectivity index (χ0v) is 12.0. The topological polar surface area (TPSA) is 58.8 Å². The van der Waals surface area contributed by atoms with E-state index in [1.807, 2.05) is 6.92 Å². The van der Waals surface area contributed by atoms with Crippen molar-refractivity contribution in [3.63, 3.8) is 0 Å². The van der Waals surface area contributed by atoms with Crippen molar-refractivity contribution in [1.29, 1.82) is 0 Å². The van der Waals surface area contributed by atoms with Gasteiger partial charge in [0.1, 0.15) is 12.5 Å². The van der Waals surface area contributed by atoms with Crippen LogP contribution in [0.1, 0.15) is 20.3 Å². The average Bonchev–Trinajstić information content (AvgIpc) is 2.44. The molecule has 2 aliphatic heterocycles. The molecule has 0 saturated carbocycles. The van der Waals surface area contributed by atoms with E-state index in [0.717, 1.165) is 18.2 Å². The van der Waals surface area contributed by atoms with Crippen molar-refractivity contribution in [2.24, 2.45) is 5.92 Å². The number of carbonyl (C=O) groups excluding carboxylic acids is 1. The zero-order chi connectivity index (χ0) is 11.6. The number of fused-ring (bicyclic) bond motifs is 1. The van der Waals surface area contributed by atoms with Crippen LogP contribution in [0.15, 0.2) is 0 Å². The Morgan fingerprint density at radius 3 is 2.62 bits per heavy atom. The second-order valence-electron chi connectivity index (χ2n) is 3.59. The third-order valence-electron chi connectivity index (χ3n) is 2.48. The Kier molecular flexibility index (Phi) is 6.80. The lowest BCUT2D eigenvalue weighted by Crippen LogP contribution is -3.24. The number of hydrogen-bond acceptors (Lipinski definition) is 3. The van der Waals surface area contributed by atoms with Crippen molar-refractivity contribution in [1.82, 2.24) is 0 Å². The van der Waals surface area contributed by atoms with Crippen LogP contribution in [0.3, 0.4) is 0 Å². The van der Waals surface area contributed by atoms with E-state index in [4.69, 9.17) is 9.90 Å². The van der Waals surface area contributed by atoms with Gasteiger partial charge in [0.2, 0.25) is 0 Å². The Balaban J connectivity index is 0.000000397.